The first-order valence-corrected chi connectivity index (χ1v) is 6.71. The maximum atomic E-state index is 11.8. The molecular formula is C13H17N3OS. The summed E-state index contributed by atoms with van der Waals surface area (Å²) in [6.45, 7) is 4.97. The molecule has 18 heavy (non-hydrogen) atoms. The Kier molecular flexibility index (Phi) is 3.52. The summed E-state index contributed by atoms with van der Waals surface area (Å²) in [7, 11) is 3.52. The van der Waals surface area contributed by atoms with Crippen molar-refractivity contribution in [2.45, 2.75) is 20.4 Å². The van der Waals surface area contributed by atoms with Crippen molar-refractivity contribution >= 4 is 17.2 Å². The summed E-state index contributed by atoms with van der Waals surface area (Å²) in [6.07, 6.45) is 0. The molecule has 4 nitrogen and oxygen atoms in total. The molecule has 0 N–H and O–H groups in total. The Morgan fingerprint density at radius 1 is 1.44 bits per heavy atom. The maximum Gasteiger partial charge on any atom is 0.263 e. The van der Waals surface area contributed by atoms with E-state index in [4.69, 9.17) is 0 Å². The predicted molar refractivity (Wildman–Crippen MR) is 74.0 cm³/mol. The van der Waals surface area contributed by atoms with Gasteiger partial charge < -0.3 is 4.90 Å². The molecular weight excluding hydrogens is 246 g/mol. The van der Waals surface area contributed by atoms with Gasteiger partial charge in [0.25, 0.3) is 5.91 Å². The first-order valence-electron chi connectivity index (χ1n) is 5.89. The van der Waals surface area contributed by atoms with Crippen LogP contribution in [0, 0.1) is 6.92 Å². The summed E-state index contributed by atoms with van der Waals surface area (Å²) in [4.78, 5) is 15.2. The number of hydrogen-bond donors (Lipinski definition) is 0. The summed E-state index contributed by atoms with van der Waals surface area (Å²) in [5, 5.41) is 4.52. The van der Waals surface area contributed by atoms with Gasteiger partial charge in [-0.1, -0.05) is 0 Å². The molecule has 0 aliphatic heterocycles. The molecule has 0 saturated heterocycles. The Bertz CT molecular complexity index is 569. The summed E-state index contributed by atoms with van der Waals surface area (Å²) in [5.41, 5.74) is 2.08. The van der Waals surface area contributed by atoms with Gasteiger partial charge in [-0.3, -0.25) is 9.48 Å². The van der Waals surface area contributed by atoms with Crippen molar-refractivity contribution in [3.63, 3.8) is 0 Å². The monoisotopic (exact) mass is 263 g/mol. The second-order valence-corrected chi connectivity index (χ2v) is 5.43. The fourth-order valence-corrected chi connectivity index (χ4v) is 2.74. The molecule has 0 unspecified atom stereocenters. The van der Waals surface area contributed by atoms with Crippen LogP contribution in [0.25, 0.3) is 10.6 Å². The standard InChI is InChI=1S/C13H17N3OS/c1-5-16-9(2)8-10(14-16)11-6-7-12(18-11)13(17)15(3)4/h6-8H,5H2,1-4H3. The van der Waals surface area contributed by atoms with Crippen molar-refractivity contribution in [1.82, 2.24) is 14.7 Å². The zero-order valence-corrected chi connectivity index (χ0v) is 11.9. The lowest BCUT2D eigenvalue weighted by Crippen LogP contribution is -2.20. The Morgan fingerprint density at radius 3 is 2.72 bits per heavy atom. The van der Waals surface area contributed by atoms with Crippen LogP contribution in [0.3, 0.4) is 0 Å². The van der Waals surface area contributed by atoms with Crippen LogP contribution in [0.5, 0.6) is 0 Å². The number of nitrogens with zero attached hydrogens (tertiary/aromatic N) is 3. The van der Waals surface area contributed by atoms with Crippen LogP contribution in [-0.2, 0) is 6.54 Å². The van der Waals surface area contributed by atoms with Crippen molar-refractivity contribution in [1.29, 1.82) is 0 Å². The molecule has 5 heteroatoms. The van der Waals surface area contributed by atoms with E-state index in [1.807, 2.05) is 23.7 Å². The molecule has 0 fully saturated rings. The third-order valence-electron chi connectivity index (χ3n) is 2.76. The van der Waals surface area contributed by atoms with E-state index in [0.29, 0.717) is 0 Å². The number of aryl methyl sites for hydroxylation is 2. The average molecular weight is 263 g/mol. The van der Waals surface area contributed by atoms with E-state index in [2.05, 4.69) is 18.1 Å². The zero-order chi connectivity index (χ0) is 13.3. The highest BCUT2D eigenvalue weighted by molar-refractivity contribution is 7.17. The van der Waals surface area contributed by atoms with E-state index >= 15 is 0 Å². The Balaban J connectivity index is 2.32. The van der Waals surface area contributed by atoms with Crippen LogP contribution in [0.4, 0.5) is 0 Å². The molecule has 0 bridgehead atoms. The van der Waals surface area contributed by atoms with E-state index < -0.39 is 0 Å². The molecule has 0 spiro atoms. The van der Waals surface area contributed by atoms with Gasteiger partial charge in [0.2, 0.25) is 0 Å². The lowest BCUT2D eigenvalue weighted by atomic mass is 10.3. The zero-order valence-electron chi connectivity index (χ0n) is 11.1. The van der Waals surface area contributed by atoms with E-state index in [9.17, 15) is 4.79 Å². The predicted octanol–water partition coefficient (Wildman–Crippen LogP) is 2.64. The topological polar surface area (TPSA) is 38.1 Å². The number of amides is 1. The highest BCUT2D eigenvalue weighted by atomic mass is 32.1. The minimum absolute atomic E-state index is 0.0397. The fourth-order valence-electron chi connectivity index (χ4n) is 1.76. The first kappa shape index (κ1) is 12.8. The number of thiophene rings is 1. The van der Waals surface area contributed by atoms with Crippen LogP contribution >= 0.6 is 11.3 Å². The maximum absolute atomic E-state index is 11.8. The molecule has 96 valence electrons. The number of hydrogen-bond acceptors (Lipinski definition) is 3. The molecule has 0 aliphatic rings. The molecule has 2 heterocycles. The molecule has 2 aromatic heterocycles. The van der Waals surface area contributed by atoms with Crippen LogP contribution < -0.4 is 0 Å². The molecule has 0 aromatic carbocycles. The van der Waals surface area contributed by atoms with Gasteiger partial charge in [-0.05, 0) is 32.0 Å². The van der Waals surface area contributed by atoms with Crippen molar-refractivity contribution in [2.24, 2.45) is 0 Å². The van der Waals surface area contributed by atoms with Gasteiger partial charge in [-0.25, -0.2) is 0 Å². The summed E-state index contributed by atoms with van der Waals surface area (Å²) in [6, 6.07) is 5.88. The number of rotatable bonds is 3. The van der Waals surface area contributed by atoms with E-state index in [-0.39, 0.29) is 5.91 Å². The van der Waals surface area contributed by atoms with Crippen molar-refractivity contribution in [3.8, 4) is 10.6 Å². The molecule has 2 aromatic rings. The Morgan fingerprint density at radius 2 is 2.17 bits per heavy atom. The third-order valence-corrected chi connectivity index (χ3v) is 3.85. The SMILES string of the molecule is CCn1nc(-c2ccc(C(=O)N(C)C)s2)cc1C. The fraction of sp³-hybridized carbons (Fsp3) is 0.385. The normalized spacial score (nSPS) is 10.7. The highest BCUT2D eigenvalue weighted by Gasteiger charge is 2.13. The molecule has 0 radical (unpaired) electrons. The second kappa shape index (κ2) is 4.94. The number of aromatic nitrogens is 2. The van der Waals surface area contributed by atoms with Gasteiger partial charge >= 0.3 is 0 Å². The smallest absolute Gasteiger partial charge is 0.263 e. The summed E-state index contributed by atoms with van der Waals surface area (Å²) >= 11 is 1.49. The van der Waals surface area contributed by atoms with E-state index in [1.54, 1.807) is 19.0 Å². The highest BCUT2D eigenvalue weighted by Crippen LogP contribution is 2.28. The molecule has 0 aliphatic carbocycles. The van der Waals surface area contributed by atoms with Crippen LogP contribution in [-0.4, -0.2) is 34.7 Å². The molecule has 0 atom stereocenters. The second-order valence-electron chi connectivity index (χ2n) is 4.35. The summed E-state index contributed by atoms with van der Waals surface area (Å²) < 4.78 is 1.96. The Hall–Kier alpha value is -1.62. The van der Waals surface area contributed by atoms with E-state index in [0.717, 1.165) is 27.7 Å². The van der Waals surface area contributed by atoms with Gasteiger partial charge in [0.15, 0.2) is 0 Å². The van der Waals surface area contributed by atoms with Gasteiger partial charge in [0, 0.05) is 26.3 Å². The lowest BCUT2D eigenvalue weighted by molar-refractivity contribution is 0.0832. The summed E-state index contributed by atoms with van der Waals surface area (Å²) in [5.74, 6) is 0.0397. The van der Waals surface area contributed by atoms with Crippen molar-refractivity contribution < 1.29 is 4.79 Å². The quantitative estimate of drug-likeness (QED) is 0.854. The van der Waals surface area contributed by atoms with Gasteiger partial charge in [-0.15, -0.1) is 11.3 Å². The molecule has 1 amide bonds. The van der Waals surface area contributed by atoms with Gasteiger partial charge in [-0.2, -0.15) is 5.10 Å². The molecule has 0 saturated carbocycles. The minimum Gasteiger partial charge on any atom is -0.344 e. The van der Waals surface area contributed by atoms with Crippen molar-refractivity contribution in [3.05, 3.63) is 28.8 Å². The van der Waals surface area contributed by atoms with Crippen LogP contribution in [0.1, 0.15) is 22.3 Å². The Labute approximate surface area is 111 Å². The van der Waals surface area contributed by atoms with Crippen LogP contribution in [0.2, 0.25) is 0 Å². The largest absolute Gasteiger partial charge is 0.344 e. The number of carbonyl (C=O) groups is 1. The van der Waals surface area contributed by atoms with Crippen LogP contribution in [0.15, 0.2) is 18.2 Å². The number of carbonyl (C=O) groups excluding carboxylic acids is 1. The van der Waals surface area contributed by atoms with Crippen molar-refractivity contribution in [2.75, 3.05) is 14.1 Å². The minimum atomic E-state index is 0.0397. The lowest BCUT2D eigenvalue weighted by Gasteiger charge is -2.06. The molecule has 2 rings (SSSR count). The first-order chi connectivity index (χ1) is 8.52. The average Bonchev–Trinajstić information content (AvgIpc) is 2.93. The van der Waals surface area contributed by atoms with E-state index in [1.165, 1.54) is 11.3 Å². The third kappa shape index (κ3) is 2.31. The van der Waals surface area contributed by atoms with Gasteiger partial charge in [0.1, 0.15) is 5.69 Å². The van der Waals surface area contributed by atoms with Gasteiger partial charge in [0.05, 0.1) is 9.75 Å².